The van der Waals surface area contributed by atoms with Crippen LogP contribution in [0.1, 0.15) is 51.9 Å². The van der Waals surface area contributed by atoms with Crippen molar-refractivity contribution in [2.45, 2.75) is 64.1 Å². The molecule has 0 aromatic heterocycles. The van der Waals surface area contributed by atoms with E-state index in [-0.39, 0.29) is 12.6 Å². The largest absolute Gasteiger partial charge is 0.463 e. The minimum atomic E-state index is -0.795. The predicted octanol–water partition coefficient (Wildman–Crippen LogP) is 2.75. The Kier molecular flexibility index (Phi) is 14.5. The number of hydrogen-bond donors (Lipinski definition) is 2. The first-order valence-electron chi connectivity index (χ1n) is 8.33. The maximum Gasteiger partial charge on any atom is 0.302 e. The summed E-state index contributed by atoms with van der Waals surface area (Å²) < 4.78 is 4.70. The molecule has 0 aromatic carbocycles. The predicted molar refractivity (Wildman–Crippen MR) is 95.9 cm³/mol. The number of carbonyl (C=O) groups is 1. The van der Waals surface area contributed by atoms with Crippen LogP contribution in [0.5, 0.6) is 0 Å². The van der Waals surface area contributed by atoms with Crippen molar-refractivity contribution in [3.05, 3.63) is 24.8 Å². The van der Waals surface area contributed by atoms with E-state index in [1.165, 1.54) is 13.0 Å². The van der Waals surface area contributed by atoms with Crippen LogP contribution in [0.4, 0.5) is 0 Å². The molecule has 0 fully saturated rings. The number of unbranched alkanes of at least 4 members (excludes halogenated alkanes) is 6. The molecule has 2 N–H and O–H groups in total. The number of hydrogen-bond acceptors (Lipinski definition) is 4. The molecule has 0 saturated carbocycles. The quantitative estimate of drug-likeness (QED) is 0.264. The molecule has 0 amide bonds. The van der Waals surface area contributed by atoms with Crippen LogP contribution in [-0.2, 0) is 9.53 Å². The Balaban J connectivity index is 3.48. The minimum Gasteiger partial charge on any atom is -0.463 e. The zero-order valence-electron chi connectivity index (χ0n) is 14.5. The van der Waals surface area contributed by atoms with Crippen molar-refractivity contribution in [3.8, 4) is 23.7 Å². The average molecular weight is 332 g/mol. The molecule has 132 valence electrons. The lowest BCUT2D eigenvalue weighted by Crippen LogP contribution is -2.14. The molecule has 0 aliphatic carbocycles. The molecule has 0 rings (SSSR count). The van der Waals surface area contributed by atoms with Crippen molar-refractivity contribution < 1.29 is 19.7 Å². The molecule has 0 aromatic rings. The fourth-order valence-electron chi connectivity index (χ4n) is 1.79. The number of allylic oxidation sites excluding steroid dienone is 1. The maximum absolute atomic E-state index is 10.6. The molecule has 0 aliphatic heterocycles. The van der Waals surface area contributed by atoms with Crippen LogP contribution in [0.3, 0.4) is 0 Å². The Bertz CT molecular complexity index is 499. The molecule has 0 unspecified atom stereocenters. The zero-order valence-corrected chi connectivity index (χ0v) is 14.5. The van der Waals surface area contributed by atoms with Gasteiger partial charge in [-0.25, -0.2) is 0 Å². The summed E-state index contributed by atoms with van der Waals surface area (Å²) in [5, 5.41) is 18.6. The summed E-state index contributed by atoms with van der Waals surface area (Å²) >= 11 is 0. The lowest BCUT2D eigenvalue weighted by Gasteiger charge is -2.05. The first-order valence-corrected chi connectivity index (χ1v) is 8.33. The molecule has 0 heterocycles. The van der Waals surface area contributed by atoms with Gasteiger partial charge in [-0.05, 0) is 31.1 Å². The van der Waals surface area contributed by atoms with Crippen LogP contribution in [0, 0.1) is 23.7 Å². The highest BCUT2D eigenvalue weighted by atomic mass is 16.5. The van der Waals surface area contributed by atoms with Crippen LogP contribution < -0.4 is 0 Å². The highest BCUT2D eigenvalue weighted by molar-refractivity contribution is 5.65. The second-order valence-corrected chi connectivity index (χ2v) is 5.36. The first-order chi connectivity index (χ1) is 11.6. The molecule has 0 radical (unpaired) electrons. The second kappa shape index (κ2) is 15.9. The maximum atomic E-state index is 10.6. The lowest BCUT2D eigenvalue weighted by atomic mass is 10.1. The van der Waals surface area contributed by atoms with Gasteiger partial charge in [0.05, 0.1) is 0 Å². The van der Waals surface area contributed by atoms with Gasteiger partial charge >= 0.3 is 5.97 Å². The molecular weight excluding hydrogens is 304 g/mol. The number of ether oxygens (including phenoxy) is 1. The van der Waals surface area contributed by atoms with Crippen molar-refractivity contribution in [2.24, 2.45) is 0 Å². The number of aliphatic hydroxyl groups is 2. The topological polar surface area (TPSA) is 66.8 Å². The molecule has 0 aliphatic rings. The number of carbonyl (C=O) groups excluding carboxylic acids is 1. The fraction of sp³-hybridized carbons (Fsp3) is 0.550. The van der Waals surface area contributed by atoms with Gasteiger partial charge in [0, 0.05) is 13.3 Å². The lowest BCUT2D eigenvalue weighted by molar-refractivity contribution is -0.143. The van der Waals surface area contributed by atoms with Crippen molar-refractivity contribution in [1.82, 2.24) is 0 Å². The minimum absolute atomic E-state index is 0.0177. The van der Waals surface area contributed by atoms with Gasteiger partial charge in [0.2, 0.25) is 0 Å². The van der Waals surface area contributed by atoms with Crippen molar-refractivity contribution >= 4 is 5.97 Å². The third kappa shape index (κ3) is 16.4. The van der Waals surface area contributed by atoms with E-state index in [4.69, 9.17) is 9.84 Å². The SMILES string of the molecule is C=C[C@H](O)C#CC#CCCCCCCC/C=C\[C@@H](O)COC(C)=O. The van der Waals surface area contributed by atoms with Gasteiger partial charge in [0.15, 0.2) is 0 Å². The summed E-state index contributed by atoms with van der Waals surface area (Å²) in [6.45, 7) is 4.76. The molecular formula is C20H28O4. The van der Waals surface area contributed by atoms with Crippen molar-refractivity contribution in [1.29, 1.82) is 0 Å². The Morgan fingerprint density at radius 1 is 1.17 bits per heavy atom. The third-order valence-corrected chi connectivity index (χ3v) is 3.08. The van der Waals surface area contributed by atoms with Crippen molar-refractivity contribution in [3.63, 3.8) is 0 Å². The Morgan fingerprint density at radius 2 is 1.88 bits per heavy atom. The van der Waals surface area contributed by atoms with E-state index >= 15 is 0 Å². The zero-order chi connectivity index (χ0) is 18.0. The summed E-state index contributed by atoms with van der Waals surface area (Å²) in [6.07, 6.45) is 10.7. The molecule has 0 bridgehead atoms. The summed E-state index contributed by atoms with van der Waals surface area (Å²) in [6, 6.07) is 0. The first kappa shape index (κ1) is 22.0. The Labute approximate surface area is 145 Å². The fourth-order valence-corrected chi connectivity index (χ4v) is 1.79. The van der Waals surface area contributed by atoms with Gasteiger partial charge in [-0.3, -0.25) is 4.79 Å². The van der Waals surface area contributed by atoms with Crippen LogP contribution in [-0.4, -0.2) is 35.0 Å². The van der Waals surface area contributed by atoms with Gasteiger partial charge in [-0.2, -0.15) is 0 Å². The summed E-state index contributed by atoms with van der Waals surface area (Å²) in [4.78, 5) is 10.6. The van der Waals surface area contributed by atoms with Gasteiger partial charge in [0.25, 0.3) is 0 Å². The van der Waals surface area contributed by atoms with E-state index in [0.717, 1.165) is 44.9 Å². The van der Waals surface area contributed by atoms with Gasteiger partial charge in [-0.1, -0.05) is 55.9 Å². The summed E-state index contributed by atoms with van der Waals surface area (Å²) in [5.74, 6) is 10.4. The smallest absolute Gasteiger partial charge is 0.302 e. The normalized spacial score (nSPS) is 12.5. The summed E-state index contributed by atoms with van der Waals surface area (Å²) in [7, 11) is 0. The van der Waals surface area contributed by atoms with E-state index < -0.39 is 12.2 Å². The van der Waals surface area contributed by atoms with E-state index in [1.807, 2.05) is 6.08 Å². The highest BCUT2D eigenvalue weighted by Gasteiger charge is 2.00. The van der Waals surface area contributed by atoms with Crippen LogP contribution >= 0.6 is 0 Å². The third-order valence-electron chi connectivity index (χ3n) is 3.08. The van der Waals surface area contributed by atoms with E-state index in [0.29, 0.717) is 0 Å². The van der Waals surface area contributed by atoms with Gasteiger partial charge in [-0.15, -0.1) is 0 Å². The van der Waals surface area contributed by atoms with Crippen LogP contribution in [0.2, 0.25) is 0 Å². The second-order valence-electron chi connectivity index (χ2n) is 5.36. The van der Waals surface area contributed by atoms with Crippen molar-refractivity contribution in [2.75, 3.05) is 6.61 Å². The highest BCUT2D eigenvalue weighted by Crippen LogP contribution is 2.07. The van der Waals surface area contributed by atoms with E-state index in [2.05, 4.69) is 30.3 Å². The van der Waals surface area contributed by atoms with E-state index in [9.17, 15) is 9.90 Å². The van der Waals surface area contributed by atoms with Crippen LogP contribution in [0.15, 0.2) is 24.8 Å². The number of rotatable bonds is 11. The number of aliphatic hydroxyl groups excluding tert-OH is 2. The van der Waals surface area contributed by atoms with Crippen LogP contribution in [0.25, 0.3) is 0 Å². The molecule has 0 saturated heterocycles. The molecule has 4 heteroatoms. The number of esters is 1. The standard InChI is InChI=1S/C20H28O4/c1-3-19(22)15-13-11-9-7-5-4-6-8-10-12-14-16-20(23)17-24-18(2)21/h3,14,16,19-20,22-23H,1,4-8,10,12,17H2,2H3/b16-14-/t19-,20+/m0/s1. The molecule has 0 spiro atoms. The summed E-state index contributed by atoms with van der Waals surface area (Å²) in [5.41, 5.74) is 0. The average Bonchev–Trinajstić information content (AvgIpc) is 2.56. The monoisotopic (exact) mass is 332 g/mol. The molecule has 4 nitrogen and oxygen atoms in total. The molecule has 2 atom stereocenters. The van der Waals surface area contributed by atoms with E-state index in [1.54, 1.807) is 6.08 Å². The Hall–Kier alpha value is -2.01. The molecule has 24 heavy (non-hydrogen) atoms. The van der Waals surface area contributed by atoms with Gasteiger partial charge < -0.3 is 14.9 Å². The van der Waals surface area contributed by atoms with Gasteiger partial charge in [0.1, 0.15) is 18.8 Å². The Morgan fingerprint density at radius 3 is 2.58 bits per heavy atom.